The monoisotopic (exact) mass is 1860 g/mol. The number of aromatic nitrogens is 3. The van der Waals surface area contributed by atoms with Gasteiger partial charge in [0.1, 0.15) is 65.8 Å². The third-order valence-corrected chi connectivity index (χ3v) is 21.1. The summed E-state index contributed by atoms with van der Waals surface area (Å²) in [4.78, 5) is 170. The number of aliphatic hydroxyl groups excluding tert-OH is 3. The van der Waals surface area contributed by atoms with E-state index in [-0.39, 0.29) is 0 Å². The molecule has 130 heavy (non-hydrogen) atoms. The number of esters is 4. The lowest BCUT2D eigenvalue weighted by atomic mass is 9.90. The van der Waals surface area contributed by atoms with Crippen molar-refractivity contribution < 1.29 is 173 Å². The number of halogens is 15. The maximum absolute atomic E-state index is 14.6. The quantitative estimate of drug-likeness (QED) is 0.0213. The van der Waals surface area contributed by atoms with E-state index in [2.05, 4.69) is 52.2 Å². The molecule has 3 aromatic carbocycles. The lowest BCUT2D eigenvalue weighted by Gasteiger charge is -2.37. The fourth-order valence-electron chi connectivity index (χ4n) is 13.5. The predicted octanol–water partition coefficient (Wildman–Crippen LogP) is 4.94. The van der Waals surface area contributed by atoms with E-state index in [4.69, 9.17) is 18.9 Å². The van der Waals surface area contributed by atoms with Crippen LogP contribution in [0, 0.1) is 123 Å². The lowest BCUT2D eigenvalue weighted by Crippen LogP contribution is -2.61. The molecule has 3 saturated heterocycles. The number of benzene rings is 3. The zero-order valence-electron chi connectivity index (χ0n) is 70.6. The molecule has 0 bridgehead atoms. The number of nitrogens with one attached hydrogen (secondary N) is 7. The second-order valence-electron chi connectivity index (χ2n) is 31.3. The van der Waals surface area contributed by atoms with Gasteiger partial charge in [-0.1, -0.05) is 55.4 Å². The molecule has 6 aromatic rings. The molecule has 3 unspecified atom stereocenters. The third kappa shape index (κ3) is 23.5. The number of hydrogen-bond donors (Lipinski definition) is 13. The van der Waals surface area contributed by atoms with Crippen LogP contribution in [0.1, 0.15) is 131 Å². The van der Waals surface area contributed by atoms with Gasteiger partial charge in [0.2, 0.25) is 53.1 Å². The smallest absolute Gasteiger partial charge is 0.348 e. The summed E-state index contributed by atoms with van der Waals surface area (Å²) in [7, 11) is 1.23. The van der Waals surface area contributed by atoms with Crippen molar-refractivity contribution in [1.29, 1.82) is 0 Å². The first kappa shape index (κ1) is 104. The number of carbonyl (C=O) groups is 12. The fraction of sp³-hybridized carbons (Fsp3) is 0.451. The van der Waals surface area contributed by atoms with Crippen molar-refractivity contribution >= 4 is 71.1 Å². The Hall–Kier alpha value is -13.0. The van der Waals surface area contributed by atoms with Crippen LogP contribution in [-0.2, 0) is 81.4 Å². The third-order valence-electron chi connectivity index (χ3n) is 21.1. The van der Waals surface area contributed by atoms with Crippen molar-refractivity contribution in [3.05, 3.63) is 176 Å². The van der Waals surface area contributed by atoms with E-state index in [1.807, 2.05) is 0 Å². The number of amides is 8. The van der Waals surface area contributed by atoms with Gasteiger partial charge < -0.3 is 91.7 Å². The number of pyridine rings is 3. The van der Waals surface area contributed by atoms with Crippen LogP contribution in [0.3, 0.4) is 0 Å². The van der Waals surface area contributed by atoms with E-state index in [0.29, 0.717) is 0 Å². The highest BCUT2D eigenvalue weighted by Gasteiger charge is 2.48. The Morgan fingerprint density at radius 3 is 0.954 bits per heavy atom. The standard InChI is InChI=1S/C28H31F5N4O7.C27H29F5N4O7.C27H28F5N3O8/c1-10(2)23-28(43)44-12(4)21(36-26(41)22-15(38)7-6-8-34-22)25(40)35-14(24(39)11(3)27(42)37(23)5)9-13-16(29)18(31)20(33)19(32)17(13)30;1-9(2)20-27(42)43-11(4)21(36-26(41)22-14(37)6-5-7-33-22)25(40)34-13(23(38)10(3)24(39)35-20)8-12-15(28)17(30)19(32)18(31)16(12)29;1-9(2)23-27(41)42-11(4)20(35-25(39)21-14(36)6-5-7-33-21)24(38)34-13(22(37)10(3)26(40)43-23)8-12-15(28)17(30)19(32)18(31)16(12)29/h6-8,10-12,14,21,23-24,38-39H,9H2,1-5H3,(H,35,40)(H,36,41);5-7,9-11,13,20-21,23,37-38H,8H2,1-4H3,(H,34,40)(H,35,39)(H,36,41);5-7,9-11,13,20,22-23,36-37H,8H2,1-4H3,(H,34,38)(H,35,39)/t11-,12-,14+,21+,23?,24+;10-,11-,13+,20?,21+,23+;10-,11-,13+,20+,22+,23?/m111/s1. The maximum atomic E-state index is 14.6. The zero-order chi connectivity index (χ0) is 97.9. The molecule has 8 amide bonds. The van der Waals surface area contributed by atoms with Gasteiger partial charge in [-0.3, -0.25) is 43.2 Å². The van der Waals surface area contributed by atoms with Crippen LogP contribution in [0.25, 0.3) is 0 Å². The number of likely N-dealkylation sites (N-methyl/N-ethyl adjacent to an activating group) is 1. The average Bonchev–Trinajstić information content (AvgIpc) is 0.791. The van der Waals surface area contributed by atoms with Gasteiger partial charge in [0.05, 0.1) is 54.2 Å². The highest BCUT2D eigenvalue weighted by atomic mass is 19.2. The van der Waals surface area contributed by atoms with Crippen LogP contribution in [0.5, 0.6) is 17.2 Å². The molecule has 0 radical (unpaired) electrons. The minimum Gasteiger partial charge on any atom is -0.505 e. The first-order chi connectivity index (χ1) is 60.6. The van der Waals surface area contributed by atoms with E-state index < -0.39 is 355 Å². The molecule has 48 heteroatoms. The summed E-state index contributed by atoms with van der Waals surface area (Å²) in [5, 5.41) is 78.8. The summed E-state index contributed by atoms with van der Waals surface area (Å²) in [5.74, 6) is -55.8. The summed E-state index contributed by atoms with van der Waals surface area (Å²) in [6.07, 6.45) is -12.4. The Bertz CT molecular complexity index is 5020. The first-order valence-corrected chi connectivity index (χ1v) is 39.3. The number of cyclic esters (lactones) is 4. The van der Waals surface area contributed by atoms with Crippen molar-refractivity contribution in [2.45, 2.75) is 193 Å². The molecule has 0 aliphatic carbocycles. The molecule has 33 nitrogen and oxygen atoms in total. The lowest BCUT2D eigenvalue weighted by molar-refractivity contribution is -0.180. The highest BCUT2D eigenvalue weighted by molar-refractivity contribution is 6.01. The topological polar surface area (TPSA) is 489 Å². The van der Waals surface area contributed by atoms with Gasteiger partial charge in [0.25, 0.3) is 17.7 Å². The van der Waals surface area contributed by atoms with Crippen molar-refractivity contribution in [3.8, 4) is 17.2 Å². The van der Waals surface area contributed by atoms with Crippen molar-refractivity contribution in [2.75, 3.05) is 7.05 Å². The first-order valence-electron chi connectivity index (χ1n) is 39.3. The number of aromatic hydroxyl groups is 3. The van der Waals surface area contributed by atoms with E-state index in [9.17, 15) is 154 Å². The number of rotatable bonds is 15. The average molecular weight is 1860 g/mol. The predicted molar refractivity (Wildman–Crippen MR) is 412 cm³/mol. The molecule has 6 heterocycles. The van der Waals surface area contributed by atoms with Crippen molar-refractivity contribution in [2.24, 2.45) is 35.5 Å². The normalized spacial score (nSPS) is 25.2. The van der Waals surface area contributed by atoms with E-state index in [0.717, 1.165) is 62.5 Å². The van der Waals surface area contributed by atoms with Gasteiger partial charge in [-0.15, -0.1) is 0 Å². The number of carbonyl (C=O) groups excluding carboxylic acids is 12. The Morgan fingerprint density at radius 1 is 0.377 bits per heavy atom. The molecule has 0 spiro atoms. The summed E-state index contributed by atoms with van der Waals surface area (Å²) in [5.41, 5.74) is -5.78. The van der Waals surface area contributed by atoms with Crippen LogP contribution in [0.2, 0.25) is 0 Å². The molecule has 18 atom stereocenters. The Balaban J connectivity index is 0.000000267. The molecule has 3 fully saturated rings. The van der Waals surface area contributed by atoms with Crippen LogP contribution in [0.4, 0.5) is 65.9 Å². The van der Waals surface area contributed by atoms with E-state index >= 15 is 0 Å². The van der Waals surface area contributed by atoms with Crippen LogP contribution in [-0.4, -0.2) is 220 Å². The van der Waals surface area contributed by atoms with Gasteiger partial charge in [0.15, 0.2) is 86.9 Å². The summed E-state index contributed by atoms with van der Waals surface area (Å²) >= 11 is 0. The molecule has 3 aliphatic heterocycles. The van der Waals surface area contributed by atoms with Crippen LogP contribution < -0.4 is 37.2 Å². The number of nitrogens with zero attached hydrogens (tertiary/aromatic N) is 4. The van der Waals surface area contributed by atoms with Crippen molar-refractivity contribution in [1.82, 2.24) is 57.1 Å². The number of aliphatic hydroxyl groups is 3. The molecule has 708 valence electrons. The van der Waals surface area contributed by atoms with Gasteiger partial charge in [-0.25, -0.2) is 95.2 Å². The van der Waals surface area contributed by atoms with Crippen LogP contribution in [0.15, 0.2) is 55.0 Å². The molecule has 9 rings (SSSR count). The zero-order valence-corrected chi connectivity index (χ0v) is 70.6. The maximum Gasteiger partial charge on any atom is 0.348 e. The van der Waals surface area contributed by atoms with Gasteiger partial charge in [-0.05, 0) is 75.9 Å². The highest BCUT2D eigenvalue weighted by Crippen LogP contribution is 2.33. The number of hydrogen-bond acceptors (Lipinski definition) is 25. The van der Waals surface area contributed by atoms with Gasteiger partial charge >= 0.3 is 23.9 Å². The molecule has 3 aliphatic rings. The van der Waals surface area contributed by atoms with E-state index in [1.54, 1.807) is 27.7 Å². The van der Waals surface area contributed by atoms with Gasteiger partial charge in [0, 0.05) is 67.5 Å². The summed E-state index contributed by atoms with van der Waals surface area (Å²) in [6.45, 7) is 16.1. The Morgan fingerprint density at radius 2 is 0.662 bits per heavy atom. The molecule has 3 aromatic heterocycles. The number of ether oxygens (including phenoxy) is 4. The Kier molecular flexibility index (Phi) is 35.1. The molecule has 13 N–H and O–H groups in total. The van der Waals surface area contributed by atoms with E-state index in [1.165, 1.54) is 59.9 Å². The minimum absolute atomic E-state index is 0.526. The summed E-state index contributed by atoms with van der Waals surface area (Å²) in [6, 6.07) is -6.46. The SMILES string of the molecule is CC(C)C1C(=O)O[C@H](C)[C@H](NC(=O)c2ncccc2O)C(=O)N[C@@H](Cc2c(F)c(F)c(F)c(F)c2F)[C@@H](O)[C@@H](C)C(=O)N1C.CC(C)C1NC(=O)[C@H](C)[C@H](O)[C@H](Cc2c(F)c(F)c(F)c(F)c2F)NC(=O)[C@@H](NC(=O)c2ncccc2O)[C@@H](C)OC1=O.CC(C)C1OC(=O)[C@H](C)[C@H](O)[C@H](Cc2c(F)c(F)c(F)c(F)c2F)NC(=O)[C@@H](NC(=O)c2ncccc2O)[C@@H](C)OC1=O. The molecule has 0 saturated carbocycles. The summed E-state index contributed by atoms with van der Waals surface area (Å²) < 4.78 is 234. The minimum atomic E-state index is -2.44. The second kappa shape index (κ2) is 43.9. The van der Waals surface area contributed by atoms with Gasteiger partial charge in [-0.2, -0.15) is 0 Å². The second-order valence-corrected chi connectivity index (χ2v) is 31.3. The fourth-order valence-corrected chi connectivity index (χ4v) is 13.5. The van der Waals surface area contributed by atoms with Crippen LogP contribution >= 0.6 is 0 Å². The molecular formula is C82H88F15N11O22. The Labute approximate surface area is 728 Å². The van der Waals surface area contributed by atoms with Crippen molar-refractivity contribution in [3.63, 3.8) is 0 Å². The largest absolute Gasteiger partial charge is 0.505 e. The molecular weight excluding hydrogens is 1780 g/mol.